The number of nitrogens with one attached hydrogen (secondary N) is 2. The molecule has 2 aromatic rings. The Hall–Kier alpha value is -2.09. The number of aryl methyl sites for hydroxylation is 1. The van der Waals surface area contributed by atoms with E-state index < -0.39 is 12.1 Å². The van der Waals surface area contributed by atoms with E-state index >= 15 is 0 Å². The number of carbonyl (C=O) groups is 2. The third-order valence-corrected chi connectivity index (χ3v) is 3.80. The minimum atomic E-state index is -0.718. The largest absolute Gasteiger partial charge is 0.413 e. The number of benzene rings is 2. The Morgan fingerprint density at radius 2 is 1.83 bits per heavy atom. The average molecular weight is 424 g/mol. The van der Waals surface area contributed by atoms with E-state index in [1.165, 1.54) is 0 Å². The molecule has 0 saturated carbocycles. The van der Waals surface area contributed by atoms with E-state index in [4.69, 9.17) is 4.74 Å². The molecule has 0 aliphatic carbocycles. The van der Waals surface area contributed by atoms with Gasteiger partial charge in [-0.25, -0.2) is 4.79 Å². The number of carbonyl (C=O) groups excluding carboxylic acids is 2. The van der Waals surface area contributed by atoms with E-state index in [-0.39, 0.29) is 5.91 Å². The summed E-state index contributed by atoms with van der Waals surface area (Å²) < 4.78 is 6.19. The lowest BCUT2D eigenvalue weighted by Crippen LogP contribution is -2.43. The van der Waals surface area contributed by atoms with E-state index in [1.54, 1.807) is 31.2 Å². The molecule has 0 unspecified atom stereocenters. The van der Waals surface area contributed by atoms with Crippen LogP contribution >= 0.6 is 22.6 Å². The summed E-state index contributed by atoms with van der Waals surface area (Å²) in [7, 11) is 0. The summed E-state index contributed by atoms with van der Waals surface area (Å²) in [5.74, 6) is 0.116. The van der Waals surface area contributed by atoms with Crippen molar-refractivity contribution in [3.8, 4) is 5.75 Å². The van der Waals surface area contributed by atoms with Crippen LogP contribution in [0.2, 0.25) is 0 Å². The lowest BCUT2D eigenvalue weighted by Gasteiger charge is -2.15. The zero-order valence-corrected chi connectivity index (χ0v) is 15.0. The number of hydrogen-bond donors (Lipinski definition) is 2. The van der Waals surface area contributed by atoms with Crippen LogP contribution in [0.3, 0.4) is 0 Å². The molecule has 0 aliphatic heterocycles. The van der Waals surface area contributed by atoms with Crippen LogP contribution in [-0.4, -0.2) is 18.0 Å². The van der Waals surface area contributed by atoms with Crippen molar-refractivity contribution in [1.82, 2.24) is 5.32 Å². The molecule has 2 N–H and O–H groups in total. The van der Waals surface area contributed by atoms with Crippen molar-refractivity contribution >= 4 is 40.3 Å². The zero-order valence-electron chi connectivity index (χ0n) is 12.8. The van der Waals surface area contributed by atoms with Crippen molar-refractivity contribution in [2.75, 3.05) is 5.32 Å². The van der Waals surface area contributed by atoms with Crippen LogP contribution < -0.4 is 15.4 Å². The van der Waals surface area contributed by atoms with Crippen LogP contribution in [-0.2, 0) is 4.79 Å². The normalized spacial score (nSPS) is 11.4. The highest BCUT2D eigenvalue weighted by molar-refractivity contribution is 14.1. The molecule has 6 heteroatoms. The Bertz CT molecular complexity index is 704. The fourth-order valence-corrected chi connectivity index (χ4v) is 2.52. The highest BCUT2D eigenvalue weighted by Crippen LogP contribution is 2.17. The molecule has 2 rings (SSSR count). The van der Waals surface area contributed by atoms with Gasteiger partial charge in [0.25, 0.3) is 0 Å². The SMILES string of the molecule is Cc1cc(I)ccc1NC(=O)[C@@H](C)NC(=O)Oc1ccccc1. The molecule has 0 aromatic heterocycles. The molecule has 2 aromatic carbocycles. The zero-order chi connectivity index (χ0) is 16.8. The van der Waals surface area contributed by atoms with Crippen molar-refractivity contribution in [3.63, 3.8) is 0 Å². The number of ether oxygens (including phenoxy) is 1. The summed E-state index contributed by atoms with van der Waals surface area (Å²) >= 11 is 2.21. The van der Waals surface area contributed by atoms with Crippen LogP contribution in [0.25, 0.3) is 0 Å². The molecule has 0 spiro atoms. The quantitative estimate of drug-likeness (QED) is 0.736. The van der Waals surface area contributed by atoms with Gasteiger partial charge in [-0.2, -0.15) is 0 Å². The second kappa shape index (κ2) is 7.96. The molecule has 0 aliphatic rings. The minimum Gasteiger partial charge on any atom is -0.410 e. The molecular formula is C17H17IN2O3. The van der Waals surface area contributed by atoms with Crippen molar-refractivity contribution in [2.45, 2.75) is 19.9 Å². The van der Waals surface area contributed by atoms with Crippen LogP contribution in [0.1, 0.15) is 12.5 Å². The molecule has 0 fully saturated rings. The average Bonchev–Trinajstić information content (AvgIpc) is 2.50. The molecule has 23 heavy (non-hydrogen) atoms. The van der Waals surface area contributed by atoms with Crippen molar-refractivity contribution in [1.29, 1.82) is 0 Å². The Morgan fingerprint density at radius 3 is 2.48 bits per heavy atom. The predicted octanol–water partition coefficient (Wildman–Crippen LogP) is 3.72. The van der Waals surface area contributed by atoms with Gasteiger partial charge in [0.1, 0.15) is 11.8 Å². The minimum absolute atomic E-state index is 0.306. The summed E-state index contributed by atoms with van der Waals surface area (Å²) in [6, 6.07) is 13.7. The first-order valence-electron chi connectivity index (χ1n) is 7.06. The first kappa shape index (κ1) is 17.3. The van der Waals surface area contributed by atoms with E-state index in [0.29, 0.717) is 5.75 Å². The number of para-hydroxylation sites is 1. The Labute approximate surface area is 148 Å². The predicted molar refractivity (Wildman–Crippen MR) is 97.6 cm³/mol. The third kappa shape index (κ3) is 5.24. The molecule has 1 atom stereocenters. The van der Waals surface area contributed by atoms with Crippen molar-refractivity contribution in [2.24, 2.45) is 0 Å². The molecule has 120 valence electrons. The number of amides is 2. The summed E-state index contributed by atoms with van der Waals surface area (Å²) in [5, 5.41) is 5.30. The van der Waals surface area contributed by atoms with E-state index in [2.05, 4.69) is 33.2 Å². The second-order valence-corrected chi connectivity index (χ2v) is 6.26. The summed E-state index contributed by atoms with van der Waals surface area (Å²) in [5.41, 5.74) is 1.69. The maximum atomic E-state index is 12.2. The molecule has 2 amide bonds. The third-order valence-electron chi connectivity index (χ3n) is 3.13. The van der Waals surface area contributed by atoms with Gasteiger partial charge in [0.05, 0.1) is 0 Å². The first-order valence-corrected chi connectivity index (χ1v) is 8.14. The van der Waals surface area contributed by atoms with Gasteiger partial charge in [0, 0.05) is 9.26 Å². The molecule has 0 heterocycles. The van der Waals surface area contributed by atoms with Gasteiger partial charge < -0.3 is 15.4 Å². The summed E-state index contributed by atoms with van der Waals surface area (Å²) in [4.78, 5) is 23.9. The number of anilines is 1. The highest BCUT2D eigenvalue weighted by Gasteiger charge is 2.17. The summed E-state index contributed by atoms with van der Waals surface area (Å²) in [6.07, 6.45) is -0.668. The topological polar surface area (TPSA) is 67.4 Å². The van der Waals surface area contributed by atoms with Gasteiger partial charge in [0.2, 0.25) is 5.91 Å². The van der Waals surface area contributed by atoms with Crippen LogP contribution in [0.4, 0.5) is 10.5 Å². The van der Waals surface area contributed by atoms with E-state index in [0.717, 1.165) is 14.8 Å². The molecule has 0 radical (unpaired) electrons. The molecule has 5 nitrogen and oxygen atoms in total. The van der Waals surface area contributed by atoms with Gasteiger partial charge in [-0.05, 0) is 72.3 Å². The Morgan fingerprint density at radius 1 is 1.13 bits per heavy atom. The fraction of sp³-hybridized carbons (Fsp3) is 0.176. The van der Waals surface area contributed by atoms with Crippen molar-refractivity contribution in [3.05, 3.63) is 57.7 Å². The Kier molecular flexibility index (Phi) is 5.97. The fourth-order valence-electron chi connectivity index (χ4n) is 1.88. The first-order chi connectivity index (χ1) is 11.0. The van der Waals surface area contributed by atoms with Crippen molar-refractivity contribution < 1.29 is 14.3 Å². The number of rotatable bonds is 4. The maximum absolute atomic E-state index is 12.2. The van der Waals surface area contributed by atoms with E-state index in [1.807, 2.05) is 31.2 Å². The smallest absolute Gasteiger partial charge is 0.410 e. The second-order valence-electron chi connectivity index (χ2n) is 5.02. The van der Waals surface area contributed by atoms with Crippen LogP contribution in [0, 0.1) is 10.5 Å². The molecule has 0 bridgehead atoms. The van der Waals surface area contributed by atoms with Crippen LogP contribution in [0.15, 0.2) is 48.5 Å². The van der Waals surface area contributed by atoms with E-state index in [9.17, 15) is 9.59 Å². The van der Waals surface area contributed by atoms with Gasteiger partial charge in [0.15, 0.2) is 0 Å². The van der Waals surface area contributed by atoms with Gasteiger partial charge in [-0.3, -0.25) is 4.79 Å². The lowest BCUT2D eigenvalue weighted by molar-refractivity contribution is -0.117. The maximum Gasteiger partial charge on any atom is 0.413 e. The van der Waals surface area contributed by atoms with Crippen LogP contribution in [0.5, 0.6) is 5.75 Å². The monoisotopic (exact) mass is 424 g/mol. The van der Waals surface area contributed by atoms with Gasteiger partial charge in [-0.15, -0.1) is 0 Å². The highest BCUT2D eigenvalue weighted by atomic mass is 127. The molecule has 0 saturated heterocycles. The van der Waals surface area contributed by atoms with Gasteiger partial charge >= 0.3 is 6.09 Å². The summed E-state index contributed by atoms with van der Waals surface area (Å²) in [6.45, 7) is 3.52. The number of hydrogen-bond acceptors (Lipinski definition) is 3. The van der Waals surface area contributed by atoms with Gasteiger partial charge in [-0.1, -0.05) is 18.2 Å². The molecular weight excluding hydrogens is 407 g/mol. The number of halogens is 1. The lowest BCUT2D eigenvalue weighted by atomic mass is 10.2. The standard InChI is InChI=1S/C17H17IN2O3/c1-11-10-13(18)8-9-15(11)20-16(21)12(2)19-17(22)23-14-6-4-3-5-7-14/h3-10,12H,1-2H3,(H,19,22)(H,20,21)/t12-/m1/s1. The Balaban J connectivity index is 1.90.